The fourth-order valence-electron chi connectivity index (χ4n) is 3.73. The lowest BCUT2D eigenvalue weighted by Crippen LogP contribution is -3.14. The number of nitrogens with one attached hydrogen (secondary N) is 1. The molecule has 1 fully saturated rings. The molecule has 4 nitrogen and oxygen atoms in total. The van der Waals surface area contributed by atoms with Gasteiger partial charge in [0.25, 0.3) is 0 Å². The van der Waals surface area contributed by atoms with Crippen molar-refractivity contribution >= 4 is 33.4 Å². The molecule has 27 heavy (non-hydrogen) atoms. The number of hydrogen-bond donors (Lipinski definition) is 1. The molecule has 0 atom stereocenters. The highest BCUT2D eigenvalue weighted by atomic mass is 32.1. The molecular weight excluding hydrogens is 352 g/mol. The lowest BCUT2D eigenvalue weighted by molar-refractivity contribution is -0.894. The first-order valence-corrected chi connectivity index (χ1v) is 10.5. The first kappa shape index (κ1) is 18.1. The van der Waals surface area contributed by atoms with Crippen LogP contribution in [0.1, 0.15) is 21.8 Å². The third-order valence-electron chi connectivity index (χ3n) is 5.41. The Morgan fingerprint density at radius 2 is 1.81 bits per heavy atom. The SMILES string of the molecule is Cc1nc(N2CC[NH+](C/C=C/c3ccccc3)CC2)c2c(C)c(C)sc2n1. The molecule has 1 saturated heterocycles. The predicted molar refractivity (Wildman–Crippen MR) is 115 cm³/mol. The topological polar surface area (TPSA) is 33.5 Å². The average Bonchev–Trinajstić information content (AvgIpc) is 2.96. The normalized spacial score (nSPS) is 15.9. The average molecular weight is 380 g/mol. The monoisotopic (exact) mass is 379 g/mol. The van der Waals surface area contributed by atoms with E-state index in [4.69, 9.17) is 4.98 Å². The van der Waals surface area contributed by atoms with E-state index in [-0.39, 0.29) is 0 Å². The minimum absolute atomic E-state index is 0.874. The zero-order chi connectivity index (χ0) is 18.8. The first-order valence-electron chi connectivity index (χ1n) is 9.66. The van der Waals surface area contributed by atoms with Gasteiger partial charge in [-0.2, -0.15) is 0 Å². The summed E-state index contributed by atoms with van der Waals surface area (Å²) in [5.41, 5.74) is 2.61. The Hall–Kier alpha value is -2.24. The van der Waals surface area contributed by atoms with Gasteiger partial charge in [-0.1, -0.05) is 36.4 Å². The summed E-state index contributed by atoms with van der Waals surface area (Å²) in [4.78, 5) is 16.1. The van der Waals surface area contributed by atoms with E-state index in [0.29, 0.717) is 0 Å². The summed E-state index contributed by atoms with van der Waals surface area (Å²) < 4.78 is 0. The number of piperazine rings is 1. The quantitative estimate of drug-likeness (QED) is 0.756. The smallest absolute Gasteiger partial charge is 0.141 e. The lowest BCUT2D eigenvalue weighted by Gasteiger charge is -2.33. The van der Waals surface area contributed by atoms with Crippen LogP contribution in [0, 0.1) is 20.8 Å². The zero-order valence-electron chi connectivity index (χ0n) is 16.3. The van der Waals surface area contributed by atoms with E-state index in [9.17, 15) is 0 Å². The van der Waals surface area contributed by atoms with Crippen molar-refractivity contribution < 1.29 is 4.90 Å². The Kier molecular flexibility index (Phi) is 5.23. The van der Waals surface area contributed by atoms with Gasteiger partial charge in [-0.05, 0) is 38.0 Å². The maximum absolute atomic E-state index is 4.82. The van der Waals surface area contributed by atoms with Crippen LogP contribution >= 0.6 is 11.3 Å². The van der Waals surface area contributed by atoms with Crippen molar-refractivity contribution in [1.82, 2.24) is 9.97 Å². The van der Waals surface area contributed by atoms with Crippen LogP contribution in [0.2, 0.25) is 0 Å². The van der Waals surface area contributed by atoms with Crippen molar-refractivity contribution in [2.75, 3.05) is 37.6 Å². The van der Waals surface area contributed by atoms with Gasteiger partial charge in [0.05, 0.1) is 38.1 Å². The van der Waals surface area contributed by atoms with E-state index >= 15 is 0 Å². The molecule has 0 unspecified atom stereocenters. The molecule has 0 radical (unpaired) electrons. The van der Waals surface area contributed by atoms with E-state index in [0.717, 1.165) is 49.2 Å². The second-order valence-electron chi connectivity index (χ2n) is 7.31. The van der Waals surface area contributed by atoms with E-state index in [1.54, 1.807) is 16.2 Å². The highest BCUT2D eigenvalue weighted by Gasteiger charge is 2.24. The highest BCUT2D eigenvalue weighted by molar-refractivity contribution is 7.18. The van der Waals surface area contributed by atoms with Crippen LogP contribution < -0.4 is 9.80 Å². The number of aryl methyl sites for hydroxylation is 3. The molecular formula is C22H27N4S+. The molecule has 1 aromatic carbocycles. The van der Waals surface area contributed by atoms with Crippen molar-refractivity contribution in [2.24, 2.45) is 0 Å². The van der Waals surface area contributed by atoms with Gasteiger partial charge in [0.1, 0.15) is 16.5 Å². The van der Waals surface area contributed by atoms with Crippen molar-refractivity contribution in [3.05, 3.63) is 58.2 Å². The first-order chi connectivity index (χ1) is 13.1. The van der Waals surface area contributed by atoms with E-state index in [2.05, 4.69) is 66.2 Å². The fourth-order valence-corrected chi connectivity index (χ4v) is 4.80. The van der Waals surface area contributed by atoms with Crippen LogP contribution in [0.25, 0.3) is 16.3 Å². The third kappa shape index (κ3) is 3.89. The summed E-state index contributed by atoms with van der Waals surface area (Å²) in [5.74, 6) is 2.01. The molecule has 0 aliphatic carbocycles. The number of rotatable bonds is 4. The summed E-state index contributed by atoms with van der Waals surface area (Å²) in [7, 11) is 0. The Balaban J connectivity index is 1.44. The Morgan fingerprint density at radius 1 is 1.07 bits per heavy atom. The third-order valence-corrected chi connectivity index (χ3v) is 6.51. The number of thiophene rings is 1. The molecule has 3 aromatic rings. The largest absolute Gasteiger partial charge is 0.345 e. The molecule has 0 amide bonds. The number of fused-ring (bicyclic) bond motifs is 1. The highest BCUT2D eigenvalue weighted by Crippen LogP contribution is 2.34. The molecule has 1 N–H and O–H groups in total. The van der Waals surface area contributed by atoms with E-state index in [1.165, 1.54) is 21.4 Å². The maximum Gasteiger partial charge on any atom is 0.141 e. The molecule has 4 rings (SSSR count). The van der Waals surface area contributed by atoms with Crippen molar-refractivity contribution in [3.8, 4) is 0 Å². The summed E-state index contributed by atoms with van der Waals surface area (Å²) in [6, 6.07) is 10.5. The van der Waals surface area contributed by atoms with Crippen LogP contribution in [0.15, 0.2) is 36.4 Å². The Bertz CT molecular complexity index is 953. The number of quaternary nitrogens is 1. The van der Waals surface area contributed by atoms with Gasteiger partial charge in [-0.25, -0.2) is 9.97 Å². The second-order valence-corrected chi connectivity index (χ2v) is 8.52. The van der Waals surface area contributed by atoms with Crippen LogP contribution in [0.3, 0.4) is 0 Å². The molecule has 1 aliphatic heterocycles. The number of hydrogen-bond acceptors (Lipinski definition) is 4. The molecule has 0 saturated carbocycles. The summed E-state index contributed by atoms with van der Waals surface area (Å²) in [5, 5.41) is 1.26. The van der Waals surface area contributed by atoms with Crippen LogP contribution in [0.5, 0.6) is 0 Å². The van der Waals surface area contributed by atoms with Gasteiger partial charge < -0.3 is 9.80 Å². The van der Waals surface area contributed by atoms with Gasteiger partial charge in [-0.15, -0.1) is 11.3 Å². The predicted octanol–water partition coefficient (Wildman–Crippen LogP) is 3.03. The van der Waals surface area contributed by atoms with Crippen molar-refractivity contribution in [1.29, 1.82) is 0 Å². The van der Waals surface area contributed by atoms with Crippen molar-refractivity contribution in [2.45, 2.75) is 20.8 Å². The van der Waals surface area contributed by atoms with E-state index < -0.39 is 0 Å². The van der Waals surface area contributed by atoms with Crippen molar-refractivity contribution in [3.63, 3.8) is 0 Å². The minimum atomic E-state index is 0.874. The summed E-state index contributed by atoms with van der Waals surface area (Å²) >= 11 is 1.79. The van der Waals surface area contributed by atoms with Gasteiger partial charge in [-0.3, -0.25) is 0 Å². The fraction of sp³-hybridized carbons (Fsp3) is 0.364. The van der Waals surface area contributed by atoms with Gasteiger partial charge in [0.2, 0.25) is 0 Å². The lowest BCUT2D eigenvalue weighted by atomic mass is 10.2. The molecule has 2 aromatic heterocycles. The molecule has 140 valence electrons. The standard InChI is InChI=1S/C22H26N4S/c1-16-17(2)27-22-20(16)21(23-18(3)24-22)26-14-12-25(13-15-26)11-7-10-19-8-5-4-6-9-19/h4-10H,11-15H2,1-3H3/p+1/b10-7+. The molecule has 3 heterocycles. The Morgan fingerprint density at radius 3 is 2.56 bits per heavy atom. The van der Waals surface area contributed by atoms with Gasteiger partial charge in [0.15, 0.2) is 0 Å². The number of anilines is 1. The maximum atomic E-state index is 4.82. The van der Waals surface area contributed by atoms with Crippen LogP contribution in [-0.4, -0.2) is 42.7 Å². The molecule has 0 spiro atoms. The number of nitrogens with zero attached hydrogens (tertiary/aromatic N) is 3. The molecule has 5 heteroatoms. The van der Waals surface area contributed by atoms with Crippen LogP contribution in [0.4, 0.5) is 5.82 Å². The van der Waals surface area contributed by atoms with Gasteiger partial charge in [0, 0.05) is 4.88 Å². The van der Waals surface area contributed by atoms with Gasteiger partial charge >= 0.3 is 0 Å². The molecule has 0 bridgehead atoms. The summed E-state index contributed by atoms with van der Waals surface area (Å²) in [6.07, 6.45) is 4.54. The van der Waals surface area contributed by atoms with E-state index in [1.807, 2.05) is 6.92 Å². The second kappa shape index (κ2) is 7.79. The van der Waals surface area contributed by atoms with Crippen LogP contribution in [-0.2, 0) is 0 Å². The summed E-state index contributed by atoms with van der Waals surface area (Å²) in [6.45, 7) is 11.9. The molecule has 1 aliphatic rings. The zero-order valence-corrected chi connectivity index (χ0v) is 17.1. The number of aromatic nitrogens is 2. The minimum Gasteiger partial charge on any atom is -0.345 e. The Labute approximate surface area is 165 Å². The number of benzene rings is 1.